The summed E-state index contributed by atoms with van der Waals surface area (Å²) in [4.78, 5) is 0. The number of hydrogen-bond acceptors (Lipinski definition) is 3. The fourth-order valence-electron chi connectivity index (χ4n) is 1.58. The van der Waals surface area contributed by atoms with Gasteiger partial charge in [-0.25, -0.2) is 0 Å². The van der Waals surface area contributed by atoms with E-state index in [0.717, 1.165) is 5.69 Å². The standard InChI is InChI=1S/C12H23N3O/c1-9(2)12(16,8-13)7-11-5-6-15(14-11)10(3)4/h5-6,9-10,16H,7-8,13H2,1-4H3. The van der Waals surface area contributed by atoms with Crippen molar-refractivity contribution in [1.82, 2.24) is 9.78 Å². The highest BCUT2D eigenvalue weighted by atomic mass is 16.3. The molecule has 1 atom stereocenters. The highest BCUT2D eigenvalue weighted by molar-refractivity contribution is 5.05. The van der Waals surface area contributed by atoms with E-state index in [1.165, 1.54) is 0 Å². The second-order valence-corrected chi connectivity index (χ2v) is 5.02. The lowest BCUT2D eigenvalue weighted by Crippen LogP contribution is -2.45. The van der Waals surface area contributed by atoms with Gasteiger partial charge in [0.05, 0.1) is 11.3 Å². The summed E-state index contributed by atoms with van der Waals surface area (Å²) < 4.78 is 1.90. The SMILES string of the molecule is CC(C)n1ccc(CC(O)(CN)C(C)C)n1. The fraction of sp³-hybridized carbons (Fsp3) is 0.750. The van der Waals surface area contributed by atoms with E-state index in [1.807, 2.05) is 30.8 Å². The van der Waals surface area contributed by atoms with Crippen molar-refractivity contribution in [3.05, 3.63) is 18.0 Å². The zero-order valence-corrected chi connectivity index (χ0v) is 10.6. The zero-order valence-electron chi connectivity index (χ0n) is 10.6. The average Bonchev–Trinajstić information content (AvgIpc) is 2.65. The molecule has 4 heteroatoms. The molecule has 1 unspecified atom stereocenters. The lowest BCUT2D eigenvalue weighted by atomic mass is 9.86. The predicted octanol–water partition coefficient (Wildman–Crippen LogP) is 1.35. The van der Waals surface area contributed by atoms with E-state index in [2.05, 4.69) is 18.9 Å². The van der Waals surface area contributed by atoms with E-state index in [0.29, 0.717) is 12.5 Å². The van der Waals surface area contributed by atoms with Crippen molar-refractivity contribution in [2.45, 2.75) is 45.8 Å². The van der Waals surface area contributed by atoms with Gasteiger partial charge in [0.25, 0.3) is 0 Å². The van der Waals surface area contributed by atoms with Gasteiger partial charge in [-0.2, -0.15) is 5.10 Å². The van der Waals surface area contributed by atoms with E-state index in [4.69, 9.17) is 5.73 Å². The van der Waals surface area contributed by atoms with Crippen LogP contribution in [0.3, 0.4) is 0 Å². The summed E-state index contributed by atoms with van der Waals surface area (Å²) in [7, 11) is 0. The monoisotopic (exact) mass is 225 g/mol. The molecule has 0 spiro atoms. The van der Waals surface area contributed by atoms with Crippen molar-refractivity contribution in [2.24, 2.45) is 11.7 Å². The Labute approximate surface area is 97.5 Å². The largest absolute Gasteiger partial charge is 0.388 e. The van der Waals surface area contributed by atoms with E-state index < -0.39 is 5.60 Å². The van der Waals surface area contributed by atoms with Crippen LogP contribution in [-0.4, -0.2) is 27.0 Å². The van der Waals surface area contributed by atoms with Crippen molar-refractivity contribution in [2.75, 3.05) is 6.54 Å². The number of nitrogens with zero attached hydrogens (tertiary/aromatic N) is 2. The van der Waals surface area contributed by atoms with Gasteiger partial charge in [-0.05, 0) is 25.8 Å². The second kappa shape index (κ2) is 4.97. The van der Waals surface area contributed by atoms with Gasteiger partial charge in [-0.3, -0.25) is 4.68 Å². The summed E-state index contributed by atoms with van der Waals surface area (Å²) in [5.74, 6) is 0.127. The highest BCUT2D eigenvalue weighted by Gasteiger charge is 2.30. The first-order chi connectivity index (χ1) is 7.39. The lowest BCUT2D eigenvalue weighted by Gasteiger charge is -2.30. The Morgan fingerprint density at radius 1 is 1.44 bits per heavy atom. The third-order valence-electron chi connectivity index (χ3n) is 3.11. The maximum Gasteiger partial charge on any atom is 0.0847 e. The zero-order chi connectivity index (χ0) is 12.3. The van der Waals surface area contributed by atoms with Crippen molar-refractivity contribution >= 4 is 0 Å². The fourth-order valence-corrected chi connectivity index (χ4v) is 1.58. The molecule has 0 aliphatic rings. The van der Waals surface area contributed by atoms with E-state index in [9.17, 15) is 5.11 Å². The maximum atomic E-state index is 10.3. The third-order valence-corrected chi connectivity index (χ3v) is 3.11. The number of nitrogens with two attached hydrogens (primary N) is 1. The molecule has 16 heavy (non-hydrogen) atoms. The van der Waals surface area contributed by atoms with Gasteiger partial charge in [0.15, 0.2) is 0 Å². The minimum absolute atomic E-state index is 0.127. The second-order valence-electron chi connectivity index (χ2n) is 5.02. The van der Waals surface area contributed by atoms with Crippen molar-refractivity contribution in [3.8, 4) is 0 Å². The molecule has 1 aromatic rings. The molecule has 0 aliphatic carbocycles. The molecule has 0 aromatic carbocycles. The summed E-state index contributed by atoms with van der Waals surface area (Å²) in [6.45, 7) is 8.38. The van der Waals surface area contributed by atoms with Crippen LogP contribution in [0.2, 0.25) is 0 Å². The first-order valence-electron chi connectivity index (χ1n) is 5.85. The summed E-state index contributed by atoms with van der Waals surface area (Å²) in [6.07, 6.45) is 2.46. The van der Waals surface area contributed by atoms with Crippen LogP contribution in [-0.2, 0) is 6.42 Å². The van der Waals surface area contributed by atoms with E-state index in [1.54, 1.807) is 0 Å². The molecule has 0 bridgehead atoms. The molecule has 92 valence electrons. The molecule has 0 saturated heterocycles. The molecule has 0 radical (unpaired) electrons. The van der Waals surface area contributed by atoms with Crippen LogP contribution in [0.15, 0.2) is 12.3 Å². The molecular formula is C12H23N3O. The quantitative estimate of drug-likeness (QED) is 0.795. The van der Waals surface area contributed by atoms with Gasteiger partial charge in [0.1, 0.15) is 0 Å². The summed E-state index contributed by atoms with van der Waals surface area (Å²) in [5.41, 5.74) is 5.69. The van der Waals surface area contributed by atoms with Gasteiger partial charge < -0.3 is 10.8 Å². The van der Waals surface area contributed by atoms with Crippen LogP contribution in [0.5, 0.6) is 0 Å². The molecule has 0 aliphatic heterocycles. The van der Waals surface area contributed by atoms with Crippen LogP contribution in [0, 0.1) is 5.92 Å². The van der Waals surface area contributed by atoms with Crippen LogP contribution in [0.25, 0.3) is 0 Å². The summed E-state index contributed by atoms with van der Waals surface area (Å²) >= 11 is 0. The van der Waals surface area contributed by atoms with Gasteiger partial charge in [-0.1, -0.05) is 13.8 Å². The van der Waals surface area contributed by atoms with Crippen molar-refractivity contribution in [1.29, 1.82) is 0 Å². The number of hydrogen-bond donors (Lipinski definition) is 2. The first kappa shape index (κ1) is 13.2. The highest BCUT2D eigenvalue weighted by Crippen LogP contribution is 2.20. The summed E-state index contributed by atoms with van der Waals surface area (Å²) in [6, 6.07) is 2.29. The molecule has 3 N–H and O–H groups in total. The maximum absolute atomic E-state index is 10.3. The molecule has 1 rings (SSSR count). The number of rotatable bonds is 5. The molecule has 0 fully saturated rings. The molecule has 1 heterocycles. The van der Waals surface area contributed by atoms with Crippen LogP contribution < -0.4 is 5.73 Å². The summed E-state index contributed by atoms with van der Waals surface area (Å²) in [5, 5.41) is 14.8. The Kier molecular flexibility index (Phi) is 4.10. The van der Waals surface area contributed by atoms with Crippen LogP contribution in [0.4, 0.5) is 0 Å². The first-order valence-corrected chi connectivity index (χ1v) is 5.85. The predicted molar refractivity (Wildman–Crippen MR) is 65.2 cm³/mol. The van der Waals surface area contributed by atoms with E-state index in [-0.39, 0.29) is 12.5 Å². The van der Waals surface area contributed by atoms with Crippen molar-refractivity contribution in [3.63, 3.8) is 0 Å². The lowest BCUT2D eigenvalue weighted by molar-refractivity contribution is 0.00309. The Morgan fingerprint density at radius 3 is 2.44 bits per heavy atom. The minimum atomic E-state index is -0.851. The van der Waals surface area contributed by atoms with Gasteiger partial charge >= 0.3 is 0 Å². The third kappa shape index (κ3) is 2.83. The number of aliphatic hydroxyl groups is 1. The average molecular weight is 225 g/mol. The van der Waals surface area contributed by atoms with Crippen LogP contribution >= 0.6 is 0 Å². The Balaban J connectivity index is 2.78. The molecule has 1 aromatic heterocycles. The smallest absolute Gasteiger partial charge is 0.0847 e. The van der Waals surface area contributed by atoms with Gasteiger partial charge in [-0.15, -0.1) is 0 Å². The Morgan fingerprint density at radius 2 is 2.06 bits per heavy atom. The molecule has 0 saturated carbocycles. The molecule has 0 amide bonds. The minimum Gasteiger partial charge on any atom is -0.388 e. The molecular weight excluding hydrogens is 202 g/mol. The Hall–Kier alpha value is -0.870. The van der Waals surface area contributed by atoms with Crippen molar-refractivity contribution < 1.29 is 5.11 Å². The normalized spacial score (nSPS) is 15.8. The Bertz CT molecular complexity index is 333. The topological polar surface area (TPSA) is 64.1 Å². The molecule has 4 nitrogen and oxygen atoms in total. The van der Waals surface area contributed by atoms with Gasteiger partial charge in [0, 0.05) is 25.2 Å². The number of aromatic nitrogens is 2. The van der Waals surface area contributed by atoms with Crippen LogP contribution in [0.1, 0.15) is 39.4 Å². The van der Waals surface area contributed by atoms with Gasteiger partial charge in [0.2, 0.25) is 0 Å². The van der Waals surface area contributed by atoms with E-state index >= 15 is 0 Å².